The molecular weight excluding hydrogens is 396 g/mol. The lowest BCUT2D eigenvalue weighted by molar-refractivity contribution is 1.25. The summed E-state index contributed by atoms with van der Waals surface area (Å²) in [7, 11) is 0. The third-order valence-electron chi connectivity index (χ3n) is 4.48. The molecule has 0 atom stereocenters. The maximum atomic E-state index is 9.05. The van der Waals surface area contributed by atoms with Gasteiger partial charge in [-0.3, -0.25) is 0 Å². The van der Waals surface area contributed by atoms with Crippen molar-refractivity contribution in [2.75, 3.05) is 6.26 Å². The van der Waals surface area contributed by atoms with E-state index < -0.39 is 0 Å². The van der Waals surface area contributed by atoms with E-state index in [1.54, 1.807) is 17.8 Å². The normalized spacial score (nSPS) is 13.5. The number of hydrogen-bond acceptors (Lipinski definition) is 3. The van der Waals surface area contributed by atoms with Crippen molar-refractivity contribution >= 4 is 17.3 Å². The first-order chi connectivity index (χ1) is 15.0. The average molecular weight is 433 g/mol. The summed E-state index contributed by atoms with van der Waals surface area (Å²) < 4.78 is 0. The predicted octanol–water partition coefficient (Wildman–Crippen LogP) is 7.91. The van der Waals surface area contributed by atoms with Crippen LogP contribution in [0.25, 0.3) is 5.57 Å². The number of thioether (sulfide) groups is 1. The second-order valence-corrected chi connectivity index (χ2v) is 7.25. The summed E-state index contributed by atoms with van der Waals surface area (Å²) in [5.74, 6) is 0. The Balaban J connectivity index is 0.00000436. The smallest absolute Gasteiger partial charge is 0.0988 e. The predicted molar refractivity (Wildman–Crippen MR) is 141 cm³/mol. The number of nitrogens with zero attached hydrogens (tertiary/aromatic N) is 1. The standard InChI is InChI=1S/C26H30N2S.C2H6/c1-6-8-26(29-5)21(4)20(3)9-14-24(7-2)25-15-12-22(13-16-25)10-11-23(19-28)17-18-27;1-2/h6-9,11-18H,2,10,27H2,1,3-5H3;1-2H3/b8-6-,18-17-,20-9+,23-11+,24-14+,26-21-;. The molecular formula is C28H36N2S. The maximum absolute atomic E-state index is 9.05. The van der Waals surface area contributed by atoms with Gasteiger partial charge in [-0.25, -0.2) is 0 Å². The molecule has 0 amide bonds. The molecule has 0 aliphatic heterocycles. The van der Waals surface area contributed by atoms with E-state index in [0.717, 1.165) is 16.7 Å². The van der Waals surface area contributed by atoms with Gasteiger partial charge in [0.1, 0.15) is 0 Å². The van der Waals surface area contributed by atoms with Gasteiger partial charge in [0.25, 0.3) is 0 Å². The van der Waals surface area contributed by atoms with E-state index in [4.69, 9.17) is 11.0 Å². The molecule has 1 aromatic carbocycles. The Morgan fingerprint density at radius 2 is 1.77 bits per heavy atom. The highest BCUT2D eigenvalue weighted by atomic mass is 32.2. The molecule has 0 aliphatic carbocycles. The Kier molecular flexibility index (Phi) is 15.2. The van der Waals surface area contributed by atoms with Crippen molar-refractivity contribution < 1.29 is 0 Å². The van der Waals surface area contributed by atoms with Gasteiger partial charge in [0.2, 0.25) is 0 Å². The molecule has 1 aromatic rings. The molecule has 3 heteroatoms. The number of benzene rings is 1. The van der Waals surface area contributed by atoms with Crippen molar-refractivity contribution in [3.63, 3.8) is 0 Å². The number of nitrogens with two attached hydrogens (primary N) is 1. The molecule has 0 aromatic heterocycles. The highest BCUT2D eigenvalue weighted by Gasteiger charge is 2.01. The van der Waals surface area contributed by atoms with E-state index in [1.807, 2.05) is 32.9 Å². The molecule has 1 rings (SSSR count). The molecule has 0 fully saturated rings. The van der Waals surface area contributed by atoms with Crippen molar-refractivity contribution in [2.45, 2.75) is 41.0 Å². The first-order valence-electron chi connectivity index (χ1n) is 10.5. The van der Waals surface area contributed by atoms with Gasteiger partial charge in [-0.2, -0.15) is 5.26 Å². The summed E-state index contributed by atoms with van der Waals surface area (Å²) in [6.07, 6.45) is 18.0. The first kappa shape index (κ1) is 28.0. The number of hydrogen-bond donors (Lipinski definition) is 1. The van der Waals surface area contributed by atoms with E-state index in [2.05, 4.69) is 81.3 Å². The van der Waals surface area contributed by atoms with E-state index in [0.29, 0.717) is 12.0 Å². The molecule has 0 heterocycles. The van der Waals surface area contributed by atoms with Gasteiger partial charge in [-0.05, 0) is 73.6 Å². The van der Waals surface area contributed by atoms with Crippen molar-refractivity contribution in [1.29, 1.82) is 5.26 Å². The van der Waals surface area contributed by atoms with E-state index in [1.165, 1.54) is 22.3 Å². The molecule has 0 bridgehead atoms. The molecule has 0 aliphatic rings. The van der Waals surface area contributed by atoms with Gasteiger partial charge in [-0.15, -0.1) is 11.8 Å². The first-order valence-corrected chi connectivity index (χ1v) is 11.7. The van der Waals surface area contributed by atoms with Crippen molar-refractivity contribution in [3.8, 4) is 6.07 Å². The fourth-order valence-corrected chi connectivity index (χ4v) is 3.37. The number of allylic oxidation sites excluding steroid dienone is 11. The third kappa shape index (κ3) is 10.1. The molecule has 0 spiro atoms. The minimum absolute atomic E-state index is 0.565. The molecule has 0 saturated carbocycles. The van der Waals surface area contributed by atoms with Gasteiger partial charge in [0, 0.05) is 10.5 Å². The topological polar surface area (TPSA) is 49.8 Å². The largest absolute Gasteiger partial charge is 0.405 e. The van der Waals surface area contributed by atoms with Crippen LogP contribution in [0.2, 0.25) is 0 Å². The van der Waals surface area contributed by atoms with Crippen LogP contribution in [0, 0.1) is 11.3 Å². The lowest BCUT2D eigenvalue weighted by Crippen LogP contribution is -1.87. The summed E-state index contributed by atoms with van der Waals surface area (Å²) >= 11 is 1.76. The highest BCUT2D eigenvalue weighted by Crippen LogP contribution is 2.24. The zero-order chi connectivity index (χ0) is 23.6. The lowest BCUT2D eigenvalue weighted by atomic mass is 10.0. The van der Waals surface area contributed by atoms with E-state index in [-0.39, 0.29) is 0 Å². The van der Waals surface area contributed by atoms with Gasteiger partial charge in [0.15, 0.2) is 0 Å². The zero-order valence-corrected chi connectivity index (χ0v) is 20.6. The minimum atomic E-state index is 0.565. The highest BCUT2D eigenvalue weighted by molar-refractivity contribution is 8.02. The van der Waals surface area contributed by atoms with Crippen LogP contribution in [-0.4, -0.2) is 6.26 Å². The van der Waals surface area contributed by atoms with Crippen molar-refractivity contribution in [1.82, 2.24) is 0 Å². The molecule has 0 radical (unpaired) electrons. The summed E-state index contributed by atoms with van der Waals surface area (Å²) in [4.78, 5) is 1.27. The Hall–Kier alpha value is -2.96. The van der Waals surface area contributed by atoms with Gasteiger partial charge in [0.05, 0.1) is 6.07 Å². The van der Waals surface area contributed by atoms with Crippen LogP contribution >= 0.6 is 11.8 Å². The SMILES string of the molecule is C=C\C(=C/C=C(C)/C(C)=C(/C=C\C)SC)c1ccc(C/C=C(C#N)\C=C/N)cc1.CC. The number of nitriles is 1. The number of rotatable bonds is 9. The molecule has 31 heavy (non-hydrogen) atoms. The molecule has 164 valence electrons. The van der Waals surface area contributed by atoms with Crippen LogP contribution in [-0.2, 0) is 6.42 Å². The minimum Gasteiger partial charge on any atom is -0.405 e. The van der Waals surface area contributed by atoms with E-state index >= 15 is 0 Å². The van der Waals surface area contributed by atoms with Crippen LogP contribution in [0.5, 0.6) is 0 Å². The second kappa shape index (κ2) is 16.8. The van der Waals surface area contributed by atoms with Crippen LogP contribution < -0.4 is 5.73 Å². The Morgan fingerprint density at radius 3 is 2.26 bits per heavy atom. The Morgan fingerprint density at radius 1 is 1.13 bits per heavy atom. The Bertz CT molecular complexity index is 915. The van der Waals surface area contributed by atoms with Crippen LogP contribution in [0.3, 0.4) is 0 Å². The Labute approximate surface area is 193 Å². The monoisotopic (exact) mass is 432 g/mol. The summed E-state index contributed by atoms with van der Waals surface area (Å²) in [6.45, 7) is 14.3. The summed E-state index contributed by atoms with van der Waals surface area (Å²) in [5.41, 5.74) is 11.7. The van der Waals surface area contributed by atoms with Crippen molar-refractivity contribution in [3.05, 3.63) is 112 Å². The fraction of sp³-hybridized carbons (Fsp3) is 0.250. The molecule has 2 N–H and O–H groups in total. The average Bonchev–Trinajstić information content (AvgIpc) is 2.82. The van der Waals surface area contributed by atoms with Crippen LogP contribution in [0.1, 0.15) is 45.7 Å². The van der Waals surface area contributed by atoms with Crippen LogP contribution in [0.4, 0.5) is 0 Å². The van der Waals surface area contributed by atoms with Crippen molar-refractivity contribution in [2.24, 2.45) is 5.73 Å². The second-order valence-electron chi connectivity index (χ2n) is 6.40. The fourth-order valence-electron chi connectivity index (χ4n) is 2.63. The molecule has 2 nitrogen and oxygen atoms in total. The summed E-state index contributed by atoms with van der Waals surface area (Å²) in [6, 6.07) is 10.4. The summed E-state index contributed by atoms with van der Waals surface area (Å²) in [5, 5.41) is 9.05. The van der Waals surface area contributed by atoms with Gasteiger partial charge in [-0.1, -0.05) is 81.1 Å². The van der Waals surface area contributed by atoms with Crippen LogP contribution in [0.15, 0.2) is 101 Å². The van der Waals surface area contributed by atoms with E-state index in [9.17, 15) is 0 Å². The zero-order valence-electron chi connectivity index (χ0n) is 19.8. The molecule has 0 saturated heterocycles. The third-order valence-corrected chi connectivity index (χ3v) is 5.36. The van der Waals surface area contributed by atoms with Gasteiger partial charge < -0.3 is 5.73 Å². The maximum Gasteiger partial charge on any atom is 0.0988 e. The van der Waals surface area contributed by atoms with Gasteiger partial charge >= 0.3 is 0 Å². The quantitative estimate of drug-likeness (QED) is 0.318. The lowest BCUT2D eigenvalue weighted by Gasteiger charge is -2.07. The molecule has 0 unspecified atom stereocenters.